The Morgan fingerprint density at radius 3 is 2.27 bits per heavy atom. The molecule has 2 N–H and O–H groups in total. The van der Waals surface area contributed by atoms with Crippen molar-refractivity contribution >= 4 is 29.2 Å². The van der Waals surface area contributed by atoms with Crippen molar-refractivity contribution in [1.82, 2.24) is 29.6 Å². The van der Waals surface area contributed by atoms with Crippen LogP contribution < -0.4 is 15.1 Å². The Morgan fingerprint density at radius 2 is 1.60 bits per heavy atom. The van der Waals surface area contributed by atoms with Crippen molar-refractivity contribution in [2.75, 3.05) is 74.6 Å². The van der Waals surface area contributed by atoms with Gasteiger partial charge in [0.15, 0.2) is 0 Å². The van der Waals surface area contributed by atoms with Gasteiger partial charge in [0.1, 0.15) is 12.1 Å². The molecule has 2 aliphatic rings. The summed E-state index contributed by atoms with van der Waals surface area (Å²) in [7, 11) is 2.13. The number of likely N-dealkylation sites (N-methyl/N-ethyl adjacent to an activating group) is 1. The maximum atomic E-state index is 14.5. The number of hydrogen-bond donors (Lipinski definition) is 2. The van der Waals surface area contributed by atoms with Crippen LogP contribution in [0.3, 0.4) is 0 Å². The first-order chi connectivity index (χ1) is 21.5. The molecule has 0 unspecified atom stereocenters. The molecule has 0 amide bonds. The van der Waals surface area contributed by atoms with E-state index in [2.05, 4.69) is 47.1 Å². The number of carboxylic acid groups (broad SMARTS) is 1. The number of nitrogens with zero attached hydrogens (tertiary/aromatic N) is 8. The Bertz CT molecular complexity index is 1590. The third kappa shape index (κ3) is 8.42. The van der Waals surface area contributed by atoms with Crippen molar-refractivity contribution in [3.05, 3.63) is 66.9 Å². The molecule has 12 nitrogen and oxygen atoms in total. The average Bonchev–Trinajstić information content (AvgIpc) is 3.52. The van der Waals surface area contributed by atoms with Gasteiger partial charge in [0.05, 0.1) is 24.6 Å². The van der Waals surface area contributed by atoms with E-state index >= 15 is 0 Å². The molecule has 4 aromatic rings. The number of halogens is 4. The number of carbonyl (C=O) groups is 1. The molecule has 4 heterocycles. The molecule has 16 heteroatoms. The van der Waals surface area contributed by atoms with Crippen LogP contribution in [0.2, 0.25) is 0 Å². The van der Waals surface area contributed by atoms with E-state index in [0.717, 1.165) is 62.3 Å². The first-order valence-electron chi connectivity index (χ1n) is 14.0. The van der Waals surface area contributed by atoms with Gasteiger partial charge in [-0.25, -0.2) is 23.8 Å². The number of hydrogen-bond acceptors (Lipinski definition) is 10. The molecule has 0 saturated carbocycles. The number of carboxylic acids is 1. The van der Waals surface area contributed by atoms with Crippen LogP contribution >= 0.6 is 0 Å². The smallest absolute Gasteiger partial charge is 0.475 e. The second-order valence-corrected chi connectivity index (χ2v) is 10.3. The molecule has 0 atom stereocenters. The van der Waals surface area contributed by atoms with E-state index in [1.54, 1.807) is 29.3 Å². The number of aliphatic carboxylic acids is 1. The highest BCUT2D eigenvalue weighted by Crippen LogP contribution is 2.27. The van der Waals surface area contributed by atoms with Crippen LogP contribution in [-0.2, 0) is 9.53 Å². The van der Waals surface area contributed by atoms with E-state index in [9.17, 15) is 17.6 Å². The Kier molecular flexibility index (Phi) is 9.73. The summed E-state index contributed by atoms with van der Waals surface area (Å²) < 4.78 is 53.4. The van der Waals surface area contributed by atoms with E-state index < -0.39 is 12.1 Å². The van der Waals surface area contributed by atoms with Crippen LogP contribution in [-0.4, -0.2) is 106 Å². The van der Waals surface area contributed by atoms with Crippen molar-refractivity contribution in [1.29, 1.82) is 0 Å². The standard InChI is InChI=1S/C27H30FN9O.C2HF3O2/c1-34-8-10-36(11-9-34)27-30-19-37(33-27)23-4-2-22(3-5-23)31-26-29-7-6-25(32-26)20-16-21(28)18-24(17-20)35-12-14-38-15-13-35;3-2(4,5)1(6)7/h2-7,16-19H,8-15H2,1H3,(H,29,31,32);(H,6,7). The summed E-state index contributed by atoms with van der Waals surface area (Å²) in [4.78, 5) is 29.0. The Hall–Kier alpha value is -4.83. The summed E-state index contributed by atoms with van der Waals surface area (Å²) in [6.45, 7) is 6.61. The number of morpholine rings is 1. The van der Waals surface area contributed by atoms with Crippen LogP contribution in [0.5, 0.6) is 0 Å². The summed E-state index contributed by atoms with van der Waals surface area (Å²) in [5.74, 6) is -1.87. The van der Waals surface area contributed by atoms with Crippen molar-refractivity contribution in [2.24, 2.45) is 0 Å². The Labute approximate surface area is 255 Å². The SMILES string of the molecule is CN1CCN(c2ncn(-c3ccc(Nc4nccc(-c5cc(F)cc(N6CCOCC6)c5)n4)cc3)n2)CC1.O=C(O)C(F)(F)F. The van der Waals surface area contributed by atoms with Gasteiger partial charge in [0, 0.05) is 62.4 Å². The lowest BCUT2D eigenvalue weighted by Crippen LogP contribution is -2.45. The summed E-state index contributed by atoms with van der Waals surface area (Å²) in [6.07, 6.45) is -1.67. The van der Waals surface area contributed by atoms with Crippen molar-refractivity contribution in [2.45, 2.75) is 6.18 Å². The second-order valence-electron chi connectivity index (χ2n) is 10.3. The topological polar surface area (TPSA) is 125 Å². The number of ether oxygens (including phenoxy) is 1. The molecule has 2 saturated heterocycles. The molecule has 0 radical (unpaired) electrons. The van der Waals surface area contributed by atoms with E-state index in [0.29, 0.717) is 30.4 Å². The zero-order valence-electron chi connectivity index (χ0n) is 24.3. The van der Waals surface area contributed by atoms with Crippen molar-refractivity contribution < 1.29 is 32.2 Å². The zero-order chi connectivity index (χ0) is 32.0. The number of anilines is 4. The fourth-order valence-electron chi connectivity index (χ4n) is 4.66. The van der Waals surface area contributed by atoms with Gasteiger partial charge in [-0.15, -0.1) is 5.10 Å². The van der Waals surface area contributed by atoms with Gasteiger partial charge < -0.3 is 29.9 Å². The number of aromatic nitrogens is 5. The Balaban J connectivity index is 0.000000515. The lowest BCUT2D eigenvalue weighted by Gasteiger charge is -2.31. The normalized spacial score (nSPS) is 15.8. The van der Waals surface area contributed by atoms with Gasteiger partial charge >= 0.3 is 12.1 Å². The minimum absolute atomic E-state index is 0.295. The molecular formula is C29H31F4N9O3. The first kappa shape index (κ1) is 31.6. The quantitative estimate of drug-likeness (QED) is 0.303. The predicted octanol–water partition coefficient (Wildman–Crippen LogP) is 3.83. The summed E-state index contributed by atoms with van der Waals surface area (Å²) in [5, 5.41) is 15.0. The zero-order valence-corrected chi connectivity index (χ0v) is 24.3. The lowest BCUT2D eigenvalue weighted by atomic mass is 10.1. The monoisotopic (exact) mass is 629 g/mol. The molecule has 6 rings (SSSR count). The van der Waals surface area contributed by atoms with Gasteiger partial charge in [0.2, 0.25) is 11.9 Å². The van der Waals surface area contributed by atoms with Crippen LogP contribution in [0.25, 0.3) is 16.9 Å². The fourth-order valence-corrected chi connectivity index (χ4v) is 4.66. The van der Waals surface area contributed by atoms with Crippen molar-refractivity contribution in [3.63, 3.8) is 0 Å². The molecule has 238 valence electrons. The fraction of sp³-hybridized carbons (Fsp3) is 0.345. The highest BCUT2D eigenvalue weighted by molar-refractivity contribution is 5.73. The summed E-state index contributed by atoms with van der Waals surface area (Å²) in [6, 6.07) is 14.6. The van der Waals surface area contributed by atoms with E-state index in [1.807, 2.05) is 30.3 Å². The number of piperazine rings is 1. The molecule has 0 aliphatic carbocycles. The minimum atomic E-state index is -5.08. The third-order valence-corrected chi connectivity index (χ3v) is 7.11. The maximum Gasteiger partial charge on any atom is 0.490 e. The number of benzene rings is 2. The Morgan fingerprint density at radius 1 is 0.911 bits per heavy atom. The maximum absolute atomic E-state index is 14.5. The molecule has 2 aromatic heterocycles. The number of nitrogens with one attached hydrogen (secondary N) is 1. The van der Waals surface area contributed by atoms with Crippen LogP contribution in [0.4, 0.5) is 40.8 Å². The van der Waals surface area contributed by atoms with Gasteiger partial charge in [-0.1, -0.05) is 0 Å². The highest BCUT2D eigenvalue weighted by Gasteiger charge is 2.38. The molecule has 0 bridgehead atoms. The largest absolute Gasteiger partial charge is 0.490 e. The van der Waals surface area contributed by atoms with Gasteiger partial charge in [-0.05, 0) is 55.6 Å². The van der Waals surface area contributed by atoms with Crippen LogP contribution in [0.15, 0.2) is 61.1 Å². The van der Waals surface area contributed by atoms with Crippen LogP contribution in [0.1, 0.15) is 0 Å². The van der Waals surface area contributed by atoms with Gasteiger partial charge in [-0.2, -0.15) is 18.2 Å². The summed E-state index contributed by atoms with van der Waals surface area (Å²) in [5.41, 5.74) is 3.92. The van der Waals surface area contributed by atoms with E-state index in [4.69, 9.17) is 14.6 Å². The van der Waals surface area contributed by atoms with E-state index in [-0.39, 0.29) is 5.82 Å². The molecule has 2 aromatic carbocycles. The summed E-state index contributed by atoms with van der Waals surface area (Å²) >= 11 is 0. The molecule has 2 aliphatic heterocycles. The molecule has 0 spiro atoms. The van der Waals surface area contributed by atoms with Gasteiger partial charge in [0.25, 0.3) is 0 Å². The van der Waals surface area contributed by atoms with Gasteiger partial charge in [-0.3, -0.25) is 0 Å². The van der Waals surface area contributed by atoms with Crippen LogP contribution in [0, 0.1) is 5.82 Å². The van der Waals surface area contributed by atoms with Crippen molar-refractivity contribution in [3.8, 4) is 16.9 Å². The minimum Gasteiger partial charge on any atom is -0.475 e. The molecule has 45 heavy (non-hydrogen) atoms. The predicted molar refractivity (Wildman–Crippen MR) is 159 cm³/mol. The van der Waals surface area contributed by atoms with E-state index in [1.165, 1.54) is 6.07 Å². The number of alkyl halides is 3. The lowest BCUT2D eigenvalue weighted by molar-refractivity contribution is -0.192. The first-order valence-corrected chi connectivity index (χ1v) is 14.0. The number of rotatable bonds is 6. The highest BCUT2D eigenvalue weighted by atomic mass is 19.4. The average molecular weight is 630 g/mol. The third-order valence-electron chi connectivity index (χ3n) is 7.11. The second kappa shape index (κ2) is 13.9. The molecule has 2 fully saturated rings. The molecular weight excluding hydrogens is 598 g/mol.